The van der Waals surface area contributed by atoms with Gasteiger partial charge >= 0.3 is 0 Å². The van der Waals surface area contributed by atoms with Gasteiger partial charge in [-0.15, -0.1) is 0 Å². The Balaban J connectivity index is 1.89. The standard InChI is InChI=1S/C11H9Br2N3O2/c12-7-1-2-9(8(13)5-7)18-6-10(17)16-11-14-3-4-15-11/h1-5H,6H2,(H2,14,15,16,17). The Morgan fingerprint density at radius 3 is 2.94 bits per heavy atom. The summed E-state index contributed by atoms with van der Waals surface area (Å²) in [4.78, 5) is 18.2. The Hall–Kier alpha value is -1.34. The molecule has 0 aliphatic rings. The average molecular weight is 375 g/mol. The second-order valence-corrected chi connectivity index (χ2v) is 5.12. The van der Waals surface area contributed by atoms with E-state index in [0.29, 0.717) is 11.7 Å². The SMILES string of the molecule is O=C(COc1ccc(Br)cc1Br)Nc1ncc[nH]1. The Morgan fingerprint density at radius 1 is 1.44 bits per heavy atom. The van der Waals surface area contributed by atoms with Gasteiger partial charge in [0, 0.05) is 16.9 Å². The number of aromatic amines is 1. The average Bonchev–Trinajstić information content (AvgIpc) is 2.80. The highest BCUT2D eigenvalue weighted by Crippen LogP contribution is 2.28. The summed E-state index contributed by atoms with van der Waals surface area (Å²) >= 11 is 6.69. The molecule has 0 fully saturated rings. The monoisotopic (exact) mass is 373 g/mol. The Labute approximate surface area is 120 Å². The smallest absolute Gasteiger partial charge is 0.264 e. The van der Waals surface area contributed by atoms with Crippen LogP contribution in [0.4, 0.5) is 5.95 Å². The summed E-state index contributed by atoms with van der Waals surface area (Å²) in [5.41, 5.74) is 0. The summed E-state index contributed by atoms with van der Waals surface area (Å²) in [6.45, 7) is -0.0824. The van der Waals surface area contributed by atoms with Crippen molar-refractivity contribution in [3.63, 3.8) is 0 Å². The number of imidazole rings is 1. The number of rotatable bonds is 4. The third kappa shape index (κ3) is 3.58. The summed E-state index contributed by atoms with van der Waals surface area (Å²) in [6.07, 6.45) is 3.18. The largest absolute Gasteiger partial charge is 0.483 e. The lowest BCUT2D eigenvalue weighted by Gasteiger charge is -2.07. The van der Waals surface area contributed by atoms with Crippen LogP contribution in [-0.4, -0.2) is 22.5 Å². The van der Waals surface area contributed by atoms with Gasteiger partial charge in [-0.05, 0) is 34.1 Å². The van der Waals surface area contributed by atoms with Gasteiger partial charge in [0.2, 0.25) is 5.95 Å². The van der Waals surface area contributed by atoms with Gasteiger partial charge in [0.15, 0.2) is 6.61 Å². The third-order valence-electron chi connectivity index (χ3n) is 2.01. The van der Waals surface area contributed by atoms with Crippen molar-refractivity contribution in [2.24, 2.45) is 0 Å². The van der Waals surface area contributed by atoms with Gasteiger partial charge in [0.1, 0.15) is 5.75 Å². The van der Waals surface area contributed by atoms with Crippen molar-refractivity contribution in [3.8, 4) is 5.75 Å². The number of H-pyrrole nitrogens is 1. The maximum Gasteiger partial charge on any atom is 0.264 e. The van der Waals surface area contributed by atoms with Crippen molar-refractivity contribution >= 4 is 43.7 Å². The van der Waals surface area contributed by atoms with Crippen molar-refractivity contribution < 1.29 is 9.53 Å². The predicted octanol–water partition coefficient (Wildman–Crippen LogP) is 2.95. The Bertz CT molecular complexity index is 543. The highest BCUT2D eigenvalue weighted by molar-refractivity contribution is 9.11. The van der Waals surface area contributed by atoms with Crippen molar-refractivity contribution in [3.05, 3.63) is 39.5 Å². The van der Waals surface area contributed by atoms with Crippen LogP contribution < -0.4 is 10.1 Å². The number of amides is 1. The van der Waals surface area contributed by atoms with Crippen LogP contribution in [0.2, 0.25) is 0 Å². The van der Waals surface area contributed by atoms with Crippen LogP contribution in [0.5, 0.6) is 5.75 Å². The van der Waals surface area contributed by atoms with Crippen molar-refractivity contribution in [1.82, 2.24) is 9.97 Å². The molecule has 0 radical (unpaired) electrons. The van der Waals surface area contributed by atoms with E-state index in [1.54, 1.807) is 18.5 Å². The van der Waals surface area contributed by atoms with Crippen LogP contribution >= 0.6 is 31.9 Å². The normalized spacial score (nSPS) is 10.1. The van der Waals surface area contributed by atoms with Gasteiger partial charge in [-0.25, -0.2) is 4.98 Å². The predicted molar refractivity (Wildman–Crippen MR) is 74.6 cm³/mol. The molecule has 18 heavy (non-hydrogen) atoms. The van der Waals surface area contributed by atoms with E-state index in [9.17, 15) is 4.79 Å². The van der Waals surface area contributed by atoms with E-state index in [-0.39, 0.29) is 12.5 Å². The molecule has 5 nitrogen and oxygen atoms in total. The second kappa shape index (κ2) is 6.01. The minimum atomic E-state index is -0.278. The lowest BCUT2D eigenvalue weighted by atomic mass is 10.3. The number of anilines is 1. The third-order valence-corrected chi connectivity index (χ3v) is 3.12. The topological polar surface area (TPSA) is 67.0 Å². The van der Waals surface area contributed by atoms with Gasteiger partial charge in [-0.1, -0.05) is 15.9 Å². The van der Waals surface area contributed by atoms with Crippen molar-refractivity contribution in [2.75, 3.05) is 11.9 Å². The molecule has 0 unspecified atom stereocenters. The molecule has 1 amide bonds. The molecule has 0 aliphatic heterocycles. The molecule has 0 atom stereocenters. The summed E-state index contributed by atoms with van der Waals surface area (Å²) in [5.74, 6) is 0.728. The van der Waals surface area contributed by atoms with Crippen LogP contribution in [0.15, 0.2) is 39.5 Å². The summed E-state index contributed by atoms with van der Waals surface area (Å²) in [7, 11) is 0. The highest BCUT2D eigenvalue weighted by atomic mass is 79.9. The van der Waals surface area contributed by atoms with E-state index in [0.717, 1.165) is 8.95 Å². The minimum Gasteiger partial charge on any atom is -0.483 e. The van der Waals surface area contributed by atoms with Gasteiger partial charge in [0.05, 0.1) is 4.47 Å². The first kappa shape index (κ1) is 13.1. The van der Waals surface area contributed by atoms with Crippen LogP contribution in [-0.2, 0) is 4.79 Å². The molecule has 7 heteroatoms. The zero-order valence-electron chi connectivity index (χ0n) is 9.11. The Kier molecular flexibility index (Phi) is 4.38. The molecule has 0 saturated heterocycles. The van der Waals surface area contributed by atoms with Gasteiger partial charge in [-0.3, -0.25) is 10.1 Å². The zero-order valence-corrected chi connectivity index (χ0v) is 12.3. The number of hydrogen-bond acceptors (Lipinski definition) is 3. The maximum absolute atomic E-state index is 11.5. The number of nitrogens with one attached hydrogen (secondary N) is 2. The van der Waals surface area contributed by atoms with E-state index in [1.807, 2.05) is 12.1 Å². The first-order chi connectivity index (χ1) is 8.65. The zero-order chi connectivity index (χ0) is 13.0. The molecule has 1 heterocycles. The van der Waals surface area contributed by atoms with E-state index >= 15 is 0 Å². The van der Waals surface area contributed by atoms with E-state index in [2.05, 4.69) is 47.1 Å². The fraction of sp³-hybridized carbons (Fsp3) is 0.0909. The summed E-state index contributed by atoms with van der Waals surface area (Å²) in [6, 6.07) is 5.46. The molecule has 1 aromatic carbocycles. The maximum atomic E-state index is 11.5. The fourth-order valence-corrected chi connectivity index (χ4v) is 2.40. The number of ether oxygens (including phenoxy) is 1. The van der Waals surface area contributed by atoms with Gasteiger partial charge < -0.3 is 9.72 Å². The lowest BCUT2D eigenvalue weighted by Crippen LogP contribution is -2.20. The quantitative estimate of drug-likeness (QED) is 0.864. The number of aromatic nitrogens is 2. The number of nitrogens with zero attached hydrogens (tertiary/aromatic N) is 1. The Morgan fingerprint density at radius 2 is 2.28 bits per heavy atom. The molecule has 0 bridgehead atoms. The van der Waals surface area contributed by atoms with Crippen LogP contribution in [0, 0.1) is 0 Å². The molecular weight excluding hydrogens is 366 g/mol. The number of hydrogen-bond donors (Lipinski definition) is 2. The van der Waals surface area contributed by atoms with Crippen LogP contribution in [0.3, 0.4) is 0 Å². The molecule has 2 aromatic rings. The van der Waals surface area contributed by atoms with E-state index < -0.39 is 0 Å². The first-order valence-corrected chi connectivity index (χ1v) is 6.61. The minimum absolute atomic E-state index is 0.0824. The number of carbonyl (C=O) groups is 1. The molecule has 1 aromatic heterocycles. The van der Waals surface area contributed by atoms with Crippen molar-refractivity contribution in [1.29, 1.82) is 0 Å². The highest BCUT2D eigenvalue weighted by Gasteiger charge is 2.07. The molecule has 94 valence electrons. The van der Waals surface area contributed by atoms with Crippen molar-refractivity contribution in [2.45, 2.75) is 0 Å². The summed E-state index contributed by atoms with van der Waals surface area (Å²) in [5, 5.41) is 2.57. The summed E-state index contributed by atoms with van der Waals surface area (Å²) < 4.78 is 7.09. The number of benzene rings is 1. The molecular formula is C11H9Br2N3O2. The molecule has 0 saturated carbocycles. The first-order valence-electron chi connectivity index (χ1n) is 5.02. The molecule has 2 rings (SSSR count). The number of carbonyl (C=O) groups excluding carboxylic acids is 1. The second-order valence-electron chi connectivity index (χ2n) is 3.35. The fourth-order valence-electron chi connectivity index (χ4n) is 1.24. The van der Waals surface area contributed by atoms with E-state index in [4.69, 9.17) is 4.74 Å². The molecule has 0 aliphatic carbocycles. The van der Waals surface area contributed by atoms with E-state index in [1.165, 1.54) is 0 Å². The molecule has 2 N–H and O–H groups in total. The molecule has 0 spiro atoms. The van der Waals surface area contributed by atoms with Gasteiger partial charge in [0.25, 0.3) is 5.91 Å². The van der Waals surface area contributed by atoms with Gasteiger partial charge in [-0.2, -0.15) is 0 Å². The lowest BCUT2D eigenvalue weighted by molar-refractivity contribution is -0.118. The van der Waals surface area contributed by atoms with Crippen LogP contribution in [0.25, 0.3) is 0 Å². The van der Waals surface area contributed by atoms with Crippen LogP contribution in [0.1, 0.15) is 0 Å². The number of halogens is 2.